The molecule has 1 unspecified atom stereocenters. The summed E-state index contributed by atoms with van der Waals surface area (Å²) >= 11 is 0. The zero-order valence-corrected chi connectivity index (χ0v) is 15.9. The third-order valence-corrected chi connectivity index (χ3v) is 4.75. The Bertz CT molecular complexity index is 909. The second-order valence-corrected chi connectivity index (χ2v) is 6.48. The maximum atomic E-state index is 10.5. The van der Waals surface area contributed by atoms with Crippen molar-refractivity contribution in [1.29, 1.82) is 0 Å². The van der Waals surface area contributed by atoms with Gasteiger partial charge in [-0.25, -0.2) is 9.59 Å². The number of methoxy groups -OCH3 is 1. The minimum atomic E-state index is -1.23. The average molecular weight is 403 g/mol. The van der Waals surface area contributed by atoms with Crippen LogP contribution in [0.4, 0.5) is 0 Å². The van der Waals surface area contributed by atoms with E-state index >= 15 is 0 Å². The van der Waals surface area contributed by atoms with Crippen LogP contribution in [-0.2, 0) is 6.42 Å². The average Bonchev–Trinajstić information content (AvgIpc) is 3.18. The first kappa shape index (κ1) is 20.4. The largest absolute Gasteiger partial charge is 0.492 e. The van der Waals surface area contributed by atoms with Crippen LogP contribution >= 0.6 is 0 Å². The van der Waals surface area contributed by atoms with Gasteiger partial charge in [0.1, 0.15) is 6.23 Å². The van der Waals surface area contributed by atoms with Gasteiger partial charge in [0.2, 0.25) is 12.5 Å². The maximum absolute atomic E-state index is 10.5. The van der Waals surface area contributed by atoms with Gasteiger partial charge in [0.25, 0.3) is 0 Å². The Balaban J connectivity index is 0.000000177. The Hall–Kier alpha value is -3.30. The molecule has 2 aromatic carbocycles. The number of benzene rings is 2. The number of likely N-dealkylation sites (N-methyl/N-ethyl adjacent to an activating group) is 1. The third kappa shape index (κ3) is 3.96. The van der Waals surface area contributed by atoms with Crippen molar-refractivity contribution in [3.05, 3.63) is 52.6 Å². The molecule has 29 heavy (non-hydrogen) atoms. The van der Waals surface area contributed by atoms with E-state index in [4.69, 9.17) is 24.4 Å². The first-order valence-electron chi connectivity index (χ1n) is 8.78. The number of rotatable bonds is 3. The van der Waals surface area contributed by atoms with Crippen LogP contribution in [0.25, 0.3) is 0 Å². The summed E-state index contributed by atoms with van der Waals surface area (Å²) in [5, 5.41) is 27.3. The van der Waals surface area contributed by atoms with E-state index in [0.717, 1.165) is 24.1 Å². The number of carboxylic acid groups (broad SMARTS) is 2. The highest BCUT2D eigenvalue weighted by atomic mass is 16.7. The normalized spacial score (nSPS) is 17.0. The fourth-order valence-corrected chi connectivity index (χ4v) is 3.27. The van der Waals surface area contributed by atoms with Crippen LogP contribution in [0, 0.1) is 0 Å². The molecule has 2 aliphatic heterocycles. The molecular weight excluding hydrogens is 382 g/mol. The first-order valence-corrected chi connectivity index (χ1v) is 8.78. The van der Waals surface area contributed by atoms with Crippen LogP contribution in [0.2, 0.25) is 0 Å². The van der Waals surface area contributed by atoms with E-state index in [1.807, 2.05) is 18.0 Å². The Labute approximate surface area is 166 Å². The molecule has 0 amide bonds. The van der Waals surface area contributed by atoms with Gasteiger partial charge < -0.3 is 29.5 Å². The summed E-state index contributed by atoms with van der Waals surface area (Å²) in [5.74, 6) is -0.562. The van der Waals surface area contributed by atoms with Crippen LogP contribution in [-0.4, -0.2) is 59.7 Å². The summed E-state index contributed by atoms with van der Waals surface area (Å²) < 4.78 is 16.1. The number of ether oxygens (including phenoxy) is 3. The molecule has 0 bridgehead atoms. The van der Waals surface area contributed by atoms with E-state index in [0.29, 0.717) is 17.2 Å². The molecule has 9 nitrogen and oxygen atoms in total. The number of aromatic carboxylic acids is 2. The van der Waals surface area contributed by atoms with Crippen molar-refractivity contribution in [1.82, 2.24) is 4.90 Å². The molecule has 9 heteroatoms. The van der Waals surface area contributed by atoms with E-state index in [-0.39, 0.29) is 17.9 Å². The Morgan fingerprint density at radius 1 is 1.14 bits per heavy atom. The molecule has 0 radical (unpaired) electrons. The fraction of sp³-hybridized carbons (Fsp3) is 0.300. The van der Waals surface area contributed by atoms with Crippen molar-refractivity contribution < 1.29 is 39.1 Å². The van der Waals surface area contributed by atoms with Crippen molar-refractivity contribution >= 4 is 11.9 Å². The quantitative estimate of drug-likeness (QED) is 0.705. The molecule has 3 N–H and O–H groups in total. The van der Waals surface area contributed by atoms with Gasteiger partial charge in [-0.3, -0.25) is 4.90 Å². The third-order valence-electron chi connectivity index (χ3n) is 4.75. The van der Waals surface area contributed by atoms with Crippen LogP contribution in [0.1, 0.15) is 38.1 Å². The number of hydrogen-bond donors (Lipinski definition) is 3. The summed E-state index contributed by atoms with van der Waals surface area (Å²) in [6.07, 6.45) is 0.221. The highest BCUT2D eigenvalue weighted by molar-refractivity contribution is 6.01. The van der Waals surface area contributed by atoms with Gasteiger partial charge in [-0.15, -0.1) is 0 Å². The molecular formula is C20H21NO8. The van der Waals surface area contributed by atoms with Crippen molar-refractivity contribution in [3.63, 3.8) is 0 Å². The maximum Gasteiger partial charge on any atom is 0.336 e. The number of aliphatic hydroxyl groups excluding tert-OH is 1. The summed E-state index contributed by atoms with van der Waals surface area (Å²) in [6.45, 7) is 1.03. The smallest absolute Gasteiger partial charge is 0.336 e. The van der Waals surface area contributed by atoms with Crippen molar-refractivity contribution in [2.45, 2.75) is 12.6 Å². The Kier molecular flexibility index (Phi) is 5.90. The minimum absolute atomic E-state index is 0.190. The number of aliphatic hydroxyl groups is 1. The number of nitrogens with zero attached hydrogens (tertiary/aromatic N) is 1. The summed E-state index contributed by atoms with van der Waals surface area (Å²) in [4.78, 5) is 22.8. The number of hydrogen-bond acceptors (Lipinski definition) is 7. The minimum Gasteiger partial charge on any atom is -0.492 e. The van der Waals surface area contributed by atoms with Crippen molar-refractivity contribution in [3.8, 4) is 17.2 Å². The van der Waals surface area contributed by atoms with Gasteiger partial charge >= 0.3 is 11.9 Å². The zero-order valence-electron chi connectivity index (χ0n) is 15.9. The monoisotopic (exact) mass is 403 g/mol. The van der Waals surface area contributed by atoms with Gasteiger partial charge in [-0.05, 0) is 37.2 Å². The SMILES string of the molecule is COc1c2c(cc3c1C(O)N(C)CC3)OCO2.O=C(O)c1ccccc1C(=O)O. The lowest BCUT2D eigenvalue weighted by Crippen LogP contribution is -2.32. The van der Waals surface area contributed by atoms with Crippen LogP contribution in [0.15, 0.2) is 30.3 Å². The van der Waals surface area contributed by atoms with Gasteiger partial charge in [0.15, 0.2) is 11.5 Å². The van der Waals surface area contributed by atoms with E-state index in [9.17, 15) is 14.7 Å². The summed E-state index contributed by atoms with van der Waals surface area (Å²) in [5.41, 5.74) is 1.48. The number of fused-ring (bicyclic) bond motifs is 2. The molecule has 0 saturated heterocycles. The molecule has 0 fully saturated rings. The fourth-order valence-electron chi connectivity index (χ4n) is 3.27. The number of carbonyl (C=O) groups is 2. The second-order valence-electron chi connectivity index (χ2n) is 6.48. The lowest BCUT2D eigenvalue weighted by molar-refractivity contribution is 0.0106. The standard InChI is InChI=1S/C12H15NO4.C8H6O4/c1-13-4-3-7-5-8-10(17-6-16-8)11(15-2)9(7)12(13)14;9-7(10)5-3-1-2-4-6(5)8(11)12/h5,12,14H,3-4,6H2,1-2H3;1-4H,(H,9,10)(H,11,12). The molecule has 0 saturated carbocycles. The molecule has 2 heterocycles. The number of carboxylic acids is 2. The molecule has 0 aromatic heterocycles. The van der Waals surface area contributed by atoms with Crippen molar-refractivity contribution in [2.24, 2.45) is 0 Å². The molecule has 2 aliphatic rings. The summed E-state index contributed by atoms with van der Waals surface area (Å²) in [7, 11) is 3.47. The van der Waals surface area contributed by atoms with E-state index in [1.165, 1.54) is 24.3 Å². The van der Waals surface area contributed by atoms with E-state index < -0.39 is 18.2 Å². The van der Waals surface area contributed by atoms with Crippen LogP contribution in [0.3, 0.4) is 0 Å². The predicted octanol–water partition coefficient (Wildman–Crippen LogP) is 1.99. The zero-order chi connectivity index (χ0) is 21.1. The molecule has 0 spiro atoms. The molecule has 154 valence electrons. The lowest BCUT2D eigenvalue weighted by atomic mass is 9.96. The molecule has 4 rings (SSSR count). The predicted molar refractivity (Wildman–Crippen MR) is 101 cm³/mol. The summed E-state index contributed by atoms with van der Waals surface area (Å²) in [6, 6.07) is 7.42. The van der Waals surface area contributed by atoms with E-state index in [2.05, 4.69) is 0 Å². The van der Waals surface area contributed by atoms with E-state index in [1.54, 1.807) is 7.11 Å². The highest BCUT2D eigenvalue weighted by Gasteiger charge is 2.32. The molecule has 0 aliphatic carbocycles. The van der Waals surface area contributed by atoms with Crippen LogP contribution in [0.5, 0.6) is 17.2 Å². The Morgan fingerprint density at radius 2 is 1.76 bits per heavy atom. The van der Waals surface area contributed by atoms with Crippen molar-refractivity contribution in [2.75, 3.05) is 27.5 Å². The Morgan fingerprint density at radius 3 is 2.31 bits per heavy atom. The molecule has 1 atom stereocenters. The van der Waals surface area contributed by atoms with Gasteiger partial charge in [0.05, 0.1) is 18.2 Å². The van der Waals surface area contributed by atoms with Gasteiger partial charge in [-0.1, -0.05) is 12.1 Å². The van der Waals surface area contributed by atoms with Gasteiger partial charge in [-0.2, -0.15) is 0 Å². The highest BCUT2D eigenvalue weighted by Crippen LogP contribution is 2.48. The second kappa shape index (κ2) is 8.38. The molecule has 2 aromatic rings. The van der Waals surface area contributed by atoms with Crippen LogP contribution < -0.4 is 14.2 Å². The van der Waals surface area contributed by atoms with Gasteiger partial charge in [0, 0.05) is 12.1 Å². The lowest BCUT2D eigenvalue weighted by Gasteiger charge is -2.32. The first-order chi connectivity index (χ1) is 13.8. The topological polar surface area (TPSA) is 126 Å².